The van der Waals surface area contributed by atoms with E-state index in [1.165, 1.54) is 5.56 Å². The van der Waals surface area contributed by atoms with Gasteiger partial charge in [-0.3, -0.25) is 4.79 Å². The van der Waals surface area contributed by atoms with Crippen molar-refractivity contribution in [3.8, 4) is 22.4 Å². The van der Waals surface area contributed by atoms with Crippen molar-refractivity contribution in [3.05, 3.63) is 59.4 Å². The van der Waals surface area contributed by atoms with Crippen molar-refractivity contribution in [2.24, 2.45) is 0 Å². The maximum atomic E-state index is 12.9. The van der Waals surface area contributed by atoms with Crippen LogP contribution in [0, 0.1) is 6.92 Å². The van der Waals surface area contributed by atoms with Crippen LogP contribution in [0.4, 0.5) is 5.82 Å². The van der Waals surface area contributed by atoms with Crippen LogP contribution in [-0.4, -0.2) is 21.4 Å². The lowest BCUT2D eigenvalue weighted by Gasteiger charge is -2.30. The molecule has 0 radical (unpaired) electrons. The highest BCUT2D eigenvalue weighted by molar-refractivity contribution is 6.07. The number of nitrogens with one attached hydrogen (secondary N) is 2. The fourth-order valence-corrected chi connectivity index (χ4v) is 3.62. The number of aryl methyl sites for hydroxylation is 1. The maximum absolute atomic E-state index is 12.9. The molecule has 1 aromatic carbocycles. The van der Waals surface area contributed by atoms with E-state index < -0.39 is 0 Å². The monoisotopic (exact) mass is 346 g/mol. The van der Waals surface area contributed by atoms with Crippen molar-refractivity contribution in [2.75, 3.05) is 5.73 Å². The van der Waals surface area contributed by atoms with Gasteiger partial charge in [-0.05, 0) is 38.5 Å². The second kappa shape index (κ2) is 5.73. The molecule has 0 aliphatic carbocycles. The quantitative estimate of drug-likeness (QED) is 0.661. The summed E-state index contributed by atoms with van der Waals surface area (Å²) in [6.07, 6.45) is 2.43. The first-order valence-electron chi connectivity index (χ1n) is 8.70. The molecule has 0 saturated heterocycles. The highest BCUT2D eigenvalue weighted by atomic mass is 16.1. The number of carbonyl (C=O) groups is 1. The molecule has 5 heteroatoms. The largest absolute Gasteiger partial charge is 0.384 e. The predicted molar refractivity (Wildman–Crippen MR) is 104 cm³/mol. The lowest BCUT2D eigenvalue weighted by Crippen LogP contribution is -2.49. The summed E-state index contributed by atoms with van der Waals surface area (Å²) in [5.41, 5.74) is 12.2. The van der Waals surface area contributed by atoms with E-state index >= 15 is 0 Å². The second-order valence-electron chi connectivity index (χ2n) is 7.58. The summed E-state index contributed by atoms with van der Waals surface area (Å²) < 4.78 is 0. The van der Waals surface area contributed by atoms with Gasteiger partial charge < -0.3 is 16.0 Å². The number of H-pyrrole nitrogens is 1. The van der Waals surface area contributed by atoms with Crippen LogP contribution in [0.1, 0.15) is 35.5 Å². The number of nitrogens with two attached hydrogens (primary N) is 1. The van der Waals surface area contributed by atoms with E-state index in [4.69, 9.17) is 5.73 Å². The number of aromatic amines is 1. The van der Waals surface area contributed by atoms with E-state index in [2.05, 4.69) is 46.5 Å². The summed E-state index contributed by atoms with van der Waals surface area (Å²) >= 11 is 0. The Kier molecular flexibility index (Phi) is 3.61. The molecule has 5 nitrogen and oxygen atoms in total. The van der Waals surface area contributed by atoms with Crippen LogP contribution in [-0.2, 0) is 6.42 Å². The molecule has 0 unspecified atom stereocenters. The summed E-state index contributed by atoms with van der Waals surface area (Å²) in [7, 11) is 0. The van der Waals surface area contributed by atoms with Crippen LogP contribution in [0.25, 0.3) is 22.4 Å². The smallest absolute Gasteiger partial charge is 0.254 e. The number of pyridine rings is 1. The van der Waals surface area contributed by atoms with E-state index in [1.54, 1.807) is 6.20 Å². The third kappa shape index (κ3) is 2.75. The minimum absolute atomic E-state index is 0.0450. The molecule has 132 valence electrons. The van der Waals surface area contributed by atoms with Crippen molar-refractivity contribution in [1.82, 2.24) is 15.3 Å². The van der Waals surface area contributed by atoms with Gasteiger partial charge in [-0.15, -0.1) is 0 Å². The number of hydrogen-bond acceptors (Lipinski definition) is 3. The molecule has 0 atom stereocenters. The minimum Gasteiger partial charge on any atom is -0.384 e. The molecular formula is C21H22N4O. The molecule has 2 aromatic heterocycles. The Bertz CT molecular complexity index is 999. The van der Waals surface area contributed by atoms with Gasteiger partial charge in [0.1, 0.15) is 5.82 Å². The summed E-state index contributed by atoms with van der Waals surface area (Å²) in [6.45, 7) is 6.12. The van der Waals surface area contributed by atoms with Crippen LogP contribution in [0.5, 0.6) is 0 Å². The molecule has 3 heterocycles. The van der Waals surface area contributed by atoms with Gasteiger partial charge in [0.05, 0.1) is 11.3 Å². The number of amides is 1. The molecule has 1 aliphatic heterocycles. The van der Waals surface area contributed by atoms with E-state index in [-0.39, 0.29) is 11.4 Å². The molecule has 0 fully saturated rings. The molecular weight excluding hydrogens is 324 g/mol. The first-order valence-corrected chi connectivity index (χ1v) is 8.70. The lowest BCUT2D eigenvalue weighted by molar-refractivity contribution is 0.0897. The van der Waals surface area contributed by atoms with Crippen LogP contribution in [0.15, 0.2) is 42.6 Å². The number of nitrogen functional groups attached to an aromatic ring is 1. The van der Waals surface area contributed by atoms with Gasteiger partial charge in [0, 0.05) is 35.0 Å². The molecule has 3 aromatic rings. The highest BCUT2D eigenvalue weighted by Crippen LogP contribution is 2.39. The molecule has 0 bridgehead atoms. The van der Waals surface area contributed by atoms with Crippen molar-refractivity contribution in [3.63, 3.8) is 0 Å². The summed E-state index contributed by atoms with van der Waals surface area (Å²) in [4.78, 5) is 20.5. The number of carbonyl (C=O) groups excluding carboxylic acids is 1. The zero-order valence-corrected chi connectivity index (χ0v) is 15.2. The molecule has 0 spiro atoms. The standard InChI is InChI=1S/C21H22N4O/c1-12-4-6-13(7-5-12)17-18-15(11-21(2,3)25-20(18)26)24-19(17)14-8-9-23-16(22)10-14/h4-10,24H,11H2,1-3H3,(H2,22,23)(H,25,26). The Morgan fingerprint density at radius 3 is 2.50 bits per heavy atom. The van der Waals surface area contributed by atoms with Gasteiger partial charge >= 0.3 is 0 Å². The fourth-order valence-electron chi connectivity index (χ4n) is 3.62. The zero-order valence-electron chi connectivity index (χ0n) is 15.2. The third-order valence-corrected chi connectivity index (χ3v) is 4.79. The predicted octanol–water partition coefficient (Wildman–Crippen LogP) is 3.70. The minimum atomic E-state index is -0.284. The van der Waals surface area contributed by atoms with Gasteiger partial charge in [0.2, 0.25) is 0 Å². The van der Waals surface area contributed by atoms with Gasteiger partial charge in [0.25, 0.3) is 5.91 Å². The van der Waals surface area contributed by atoms with Crippen LogP contribution < -0.4 is 11.1 Å². The summed E-state index contributed by atoms with van der Waals surface area (Å²) in [5.74, 6) is 0.408. The normalized spacial score (nSPS) is 15.4. The Balaban J connectivity index is 1.99. The summed E-state index contributed by atoms with van der Waals surface area (Å²) in [5, 5.41) is 3.11. The fraction of sp³-hybridized carbons (Fsp3) is 0.238. The number of anilines is 1. The molecule has 1 amide bonds. The Morgan fingerprint density at radius 2 is 1.81 bits per heavy atom. The topological polar surface area (TPSA) is 83.8 Å². The number of nitrogens with zero attached hydrogens (tertiary/aromatic N) is 1. The van der Waals surface area contributed by atoms with Gasteiger partial charge in [-0.2, -0.15) is 0 Å². The van der Waals surface area contributed by atoms with Gasteiger partial charge in [-0.25, -0.2) is 4.98 Å². The van der Waals surface area contributed by atoms with Crippen molar-refractivity contribution in [1.29, 1.82) is 0 Å². The van der Waals surface area contributed by atoms with Crippen LogP contribution in [0.3, 0.4) is 0 Å². The van der Waals surface area contributed by atoms with Crippen molar-refractivity contribution in [2.45, 2.75) is 32.7 Å². The molecule has 4 rings (SSSR count). The number of hydrogen-bond donors (Lipinski definition) is 3. The zero-order chi connectivity index (χ0) is 18.5. The molecule has 0 saturated carbocycles. The van der Waals surface area contributed by atoms with Crippen molar-refractivity contribution >= 4 is 11.7 Å². The second-order valence-corrected chi connectivity index (χ2v) is 7.58. The van der Waals surface area contributed by atoms with Crippen molar-refractivity contribution < 1.29 is 4.79 Å². The average Bonchev–Trinajstić information content (AvgIpc) is 2.94. The van der Waals surface area contributed by atoms with E-state index in [0.29, 0.717) is 5.82 Å². The number of aromatic nitrogens is 2. The van der Waals surface area contributed by atoms with Gasteiger partial charge in [0.15, 0.2) is 0 Å². The SMILES string of the molecule is Cc1ccc(-c2c(-c3ccnc(N)c3)[nH]c3c2C(=O)NC(C)(C)C3)cc1. The number of fused-ring (bicyclic) bond motifs is 1. The van der Waals surface area contributed by atoms with Crippen LogP contribution in [0.2, 0.25) is 0 Å². The molecule has 4 N–H and O–H groups in total. The Labute approximate surface area is 152 Å². The first-order chi connectivity index (χ1) is 12.3. The maximum Gasteiger partial charge on any atom is 0.254 e. The average molecular weight is 346 g/mol. The number of rotatable bonds is 2. The first kappa shape index (κ1) is 16.4. The van der Waals surface area contributed by atoms with E-state index in [0.717, 1.165) is 40.1 Å². The Morgan fingerprint density at radius 1 is 1.08 bits per heavy atom. The molecule has 26 heavy (non-hydrogen) atoms. The van der Waals surface area contributed by atoms with E-state index in [1.807, 2.05) is 26.0 Å². The van der Waals surface area contributed by atoms with E-state index in [9.17, 15) is 4.79 Å². The van der Waals surface area contributed by atoms with Crippen LogP contribution >= 0.6 is 0 Å². The third-order valence-electron chi connectivity index (χ3n) is 4.79. The van der Waals surface area contributed by atoms with Gasteiger partial charge in [-0.1, -0.05) is 29.8 Å². The lowest BCUT2D eigenvalue weighted by atomic mass is 9.88. The molecule has 1 aliphatic rings. The Hall–Kier alpha value is -3.08. The number of benzene rings is 1. The highest BCUT2D eigenvalue weighted by Gasteiger charge is 2.35. The summed E-state index contributed by atoms with van der Waals surface area (Å²) in [6, 6.07) is 12.0.